The Kier molecular flexibility index (Phi) is 3.23. The van der Waals surface area contributed by atoms with E-state index in [2.05, 4.69) is 15.3 Å². The molecule has 1 aromatic rings. The molecule has 0 aromatic carbocycles. The van der Waals surface area contributed by atoms with Gasteiger partial charge in [-0.1, -0.05) is 0 Å². The first kappa shape index (κ1) is 14.6. The van der Waals surface area contributed by atoms with Crippen molar-refractivity contribution >= 4 is 17.7 Å². The zero-order valence-electron chi connectivity index (χ0n) is 12.3. The minimum absolute atomic E-state index is 0.0181. The highest BCUT2D eigenvalue weighted by molar-refractivity contribution is 6.16. The van der Waals surface area contributed by atoms with E-state index in [4.69, 9.17) is 0 Å². The van der Waals surface area contributed by atoms with Gasteiger partial charge in [0.25, 0.3) is 5.91 Å². The van der Waals surface area contributed by atoms with Crippen LogP contribution in [0.5, 0.6) is 0 Å². The zero-order chi connectivity index (χ0) is 16.1. The van der Waals surface area contributed by atoms with Crippen molar-refractivity contribution in [3.63, 3.8) is 0 Å². The van der Waals surface area contributed by atoms with Gasteiger partial charge in [0, 0.05) is 5.69 Å². The summed E-state index contributed by atoms with van der Waals surface area (Å²) in [5.41, 5.74) is 0.332. The van der Waals surface area contributed by atoms with Crippen molar-refractivity contribution in [2.45, 2.75) is 44.8 Å². The normalized spacial score (nSPS) is 24.7. The molecule has 3 rings (SSSR count). The van der Waals surface area contributed by atoms with E-state index in [0.29, 0.717) is 0 Å². The second kappa shape index (κ2) is 4.86. The smallest absolute Gasteiger partial charge is 0.338 e. The molecule has 116 valence electrons. The molecular formula is C15H16FN3O3. The summed E-state index contributed by atoms with van der Waals surface area (Å²) in [7, 11) is 0. The third-order valence-electron chi connectivity index (χ3n) is 4.34. The summed E-state index contributed by atoms with van der Waals surface area (Å²) >= 11 is 0. The van der Waals surface area contributed by atoms with Gasteiger partial charge in [0.05, 0.1) is 5.56 Å². The van der Waals surface area contributed by atoms with Crippen LogP contribution in [0.25, 0.3) is 0 Å². The van der Waals surface area contributed by atoms with E-state index >= 15 is 0 Å². The van der Waals surface area contributed by atoms with E-state index < -0.39 is 23.6 Å². The Bertz CT molecular complexity index is 714. The number of hydrogen-bond acceptors (Lipinski definition) is 4. The molecule has 0 fully saturated rings. The number of amides is 1. The third-order valence-corrected chi connectivity index (χ3v) is 4.34. The highest BCUT2D eigenvalue weighted by Crippen LogP contribution is 2.26. The Labute approximate surface area is 126 Å². The Morgan fingerprint density at radius 3 is 2.82 bits per heavy atom. The second-order valence-corrected chi connectivity index (χ2v) is 5.86. The molecule has 0 saturated carbocycles. The SMILES string of the molecule is CC(F)C1(C)NC(c2nc3c(cc2C(=O)O)CCC3)=NC1=O. The van der Waals surface area contributed by atoms with Crippen LogP contribution in [0.4, 0.5) is 4.39 Å². The molecule has 1 aliphatic carbocycles. The van der Waals surface area contributed by atoms with Crippen LogP contribution in [-0.2, 0) is 17.6 Å². The van der Waals surface area contributed by atoms with Gasteiger partial charge in [-0.05, 0) is 44.7 Å². The molecular weight excluding hydrogens is 289 g/mol. The number of carboxylic acids is 1. The predicted molar refractivity (Wildman–Crippen MR) is 76.9 cm³/mol. The molecule has 0 radical (unpaired) electrons. The monoisotopic (exact) mass is 305 g/mol. The van der Waals surface area contributed by atoms with Gasteiger partial charge in [0.1, 0.15) is 17.4 Å². The summed E-state index contributed by atoms with van der Waals surface area (Å²) < 4.78 is 13.7. The van der Waals surface area contributed by atoms with Gasteiger partial charge in [-0.3, -0.25) is 4.79 Å². The van der Waals surface area contributed by atoms with Crippen molar-refractivity contribution < 1.29 is 19.1 Å². The van der Waals surface area contributed by atoms with Crippen LogP contribution in [0.15, 0.2) is 11.1 Å². The van der Waals surface area contributed by atoms with Gasteiger partial charge in [-0.2, -0.15) is 4.99 Å². The average Bonchev–Trinajstić information content (AvgIpc) is 3.02. The Hall–Kier alpha value is -2.31. The highest BCUT2D eigenvalue weighted by atomic mass is 19.1. The fraction of sp³-hybridized carbons (Fsp3) is 0.467. The number of amidine groups is 1. The summed E-state index contributed by atoms with van der Waals surface area (Å²) in [5, 5.41) is 12.1. The summed E-state index contributed by atoms with van der Waals surface area (Å²) in [5.74, 6) is -1.77. The number of fused-ring (bicyclic) bond motifs is 1. The van der Waals surface area contributed by atoms with Crippen LogP contribution >= 0.6 is 0 Å². The van der Waals surface area contributed by atoms with Crippen LogP contribution in [0.2, 0.25) is 0 Å². The number of hydrogen-bond donors (Lipinski definition) is 2. The van der Waals surface area contributed by atoms with E-state index in [-0.39, 0.29) is 17.1 Å². The van der Waals surface area contributed by atoms with Crippen molar-refractivity contribution in [2.75, 3.05) is 0 Å². The van der Waals surface area contributed by atoms with Gasteiger partial charge in [0.15, 0.2) is 5.84 Å². The maximum absolute atomic E-state index is 13.7. The summed E-state index contributed by atoms with van der Waals surface area (Å²) in [6, 6.07) is 1.58. The van der Waals surface area contributed by atoms with Gasteiger partial charge in [-0.25, -0.2) is 14.2 Å². The quantitative estimate of drug-likeness (QED) is 0.877. The number of aromatic nitrogens is 1. The van der Waals surface area contributed by atoms with Crippen LogP contribution in [-0.4, -0.2) is 39.5 Å². The minimum Gasteiger partial charge on any atom is -0.478 e. The van der Waals surface area contributed by atoms with Crippen molar-refractivity contribution in [1.82, 2.24) is 10.3 Å². The molecule has 1 aromatic heterocycles. The first-order valence-electron chi connectivity index (χ1n) is 7.14. The molecule has 0 spiro atoms. The molecule has 2 atom stereocenters. The van der Waals surface area contributed by atoms with E-state index in [9.17, 15) is 19.1 Å². The number of nitrogens with zero attached hydrogens (tertiary/aromatic N) is 2. The van der Waals surface area contributed by atoms with Gasteiger partial charge >= 0.3 is 5.97 Å². The Morgan fingerprint density at radius 2 is 2.23 bits per heavy atom. The van der Waals surface area contributed by atoms with Crippen molar-refractivity contribution in [2.24, 2.45) is 4.99 Å². The first-order valence-corrected chi connectivity index (χ1v) is 7.14. The van der Waals surface area contributed by atoms with Crippen molar-refractivity contribution in [1.29, 1.82) is 0 Å². The number of alkyl halides is 1. The van der Waals surface area contributed by atoms with E-state index in [0.717, 1.165) is 30.5 Å². The molecule has 1 aliphatic heterocycles. The lowest BCUT2D eigenvalue weighted by molar-refractivity contribution is -0.123. The topological polar surface area (TPSA) is 91.7 Å². The molecule has 0 saturated heterocycles. The number of aliphatic imine (C=N–C) groups is 1. The second-order valence-electron chi connectivity index (χ2n) is 5.86. The van der Waals surface area contributed by atoms with Gasteiger partial charge in [0.2, 0.25) is 0 Å². The zero-order valence-corrected chi connectivity index (χ0v) is 12.3. The van der Waals surface area contributed by atoms with Gasteiger partial charge < -0.3 is 10.4 Å². The molecule has 2 N–H and O–H groups in total. The number of carboxylic acid groups (broad SMARTS) is 1. The molecule has 6 nitrogen and oxygen atoms in total. The van der Waals surface area contributed by atoms with Crippen LogP contribution in [0.1, 0.15) is 47.6 Å². The number of carbonyl (C=O) groups excluding carboxylic acids is 1. The number of pyridine rings is 1. The molecule has 2 unspecified atom stereocenters. The molecule has 2 aliphatic rings. The minimum atomic E-state index is -1.48. The number of aromatic carboxylic acids is 1. The predicted octanol–water partition coefficient (Wildman–Crippen LogP) is 1.26. The van der Waals surface area contributed by atoms with E-state index in [1.165, 1.54) is 13.8 Å². The molecule has 22 heavy (non-hydrogen) atoms. The molecule has 2 heterocycles. The number of halogens is 1. The highest BCUT2D eigenvalue weighted by Gasteiger charge is 2.46. The molecule has 1 amide bonds. The van der Waals surface area contributed by atoms with Crippen LogP contribution in [0.3, 0.4) is 0 Å². The maximum Gasteiger partial charge on any atom is 0.338 e. The lowest BCUT2D eigenvalue weighted by Gasteiger charge is -2.24. The number of nitrogens with one attached hydrogen (secondary N) is 1. The maximum atomic E-state index is 13.7. The molecule has 0 bridgehead atoms. The summed E-state index contributed by atoms with van der Waals surface area (Å²) in [6.07, 6.45) is 1.01. The summed E-state index contributed by atoms with van der Waals surface area (Å²) in [6.45, 7) is 2.67. The third kappa shape index (κ3) is 2.08. The lowest BCUT2D eigenvalue weighted by Crippen LogP contribution is -2.52. The van der Waals surface area contributed by atoms with Crippen LogP contribution in [0, 0.1) is 0 Å². The Morgan fingerprint density at radius 1 is 1.50 bits per heavy atom. The lowest BCUT2D eigenvalue weighted by atomic mass is 9.97. The average molecular weight is 305 g/mol. The van der Waals surface area contributed by atoms with Crippen molar-refractivity contribution in [3.05, 3.63) is 28.6 Å². The van der Waals surface area contributed by atoms with E-state index in [1.807, 2.05) is 0 Å². The van der Waals surface area contributed by atoms with Crippen LogP contribution < -0.4 is 5.32 Å². The molecule has 7 heteroatoms. The van der Waals surface area contributed by atoms with Crippen molar-refractivity contribution in [3.8, 4) is 0 Å². The largest absolute Gasteiger partial charge is 0.478 e. The standard InChI is InChI=1S/C15H16FN3O3/c1-7(16)15(2)14(22)18-12(19-15)11-9(13(20)21)6-8-4-3-5-10(8)17-11/h6-7H,3-5H2,1-2H3,(H,20,21)(H,18,19,22). The summed E-state index contributed by atoms with van der Waals surface area (Å²) in [4.78, 5) is 31.6. The first-order chi connectivity index (χ1) is 10.3. The number of rotatable bonds is 3. The fourth-order valence-electron chi connectivity index (χ4n) is 2.74. The number of carbonyl (C=O) groups is 2. The Balaban J connectivity index is 2.08. The fourth-order valence-corrected chi connectivity index (χ4v) is 2.74. The number of aryl methyl sites for hydroxylation is 2. The van der Waals surface area contributed by atoms with Gasteiger partial charge in [-0.15, -0.1) is 0 Å². The van der Waals surface area contributed by atoms with E-state index in [1.54, 1.807) is 6.07 Å².